The molecule has 8 nitrogen and oxygen atoms in total. The van der Waals surface area contributed by atoms with Crippen LogP contribution in [0.25, 0.3) is 22.3 Å². The van der Waals surface area contributed by atoms with Crippen molar-refractivity contribution >= 4 is 57.9 Å². The molecule has 0 fully saturated rings. The van der Waals surface area contributed by atoms with Crippen LogP contribution in [-0.4, -0.2) is 34.5 Å². The van der Waals surface area contributed by atoms with Crippen molar-refractivity contribution < 1.29 is 19.1 Å². The lowest BCUT2D eigenvalue weighted by Crippen LogP contribution is -2.23. The van der Waals surface area contributed by atoms with Crippen LogP contribution in [0.3, 0.4) is 0 Å². The fourth-order valence-electron chi connectivity index (χ4n) is 3.44. The SMILES string of the molecule is CC(=O)NCCc1nc2cc(NC(=O)OC(=O)c3ccccc3)ccc2nc1-c1ccc(Cl)c(Cl)c1. The van der Waals surface area contributed by atoms with Gasteiger partial charge in [0.15, 0.2) is 0 Å². The van der Waals surface area contributed by atoms with Gasteiger partial charge in [-0.15, -0.1) is 0 Å². The van der Waals surface area contributed by atoms with E-state index in [1.807, 2.05) is 0 Å². The Morgan fingerprint density at radius 1 is 0.889 bits per heavy atom. The van der Waals surface area contributed by atoms with Crippen molar-refractivity contribution in [1.82, 2.24) is 15.3 Å². The molecule has 0 bridgehead atoms. The number of fused-ring (bicyclic) bond motifs is 1. The fourth-order valence-corrected chi connectivity index (χ4v) is 3.73. The normalized spacial score (nSPS) is 10.6. The number of ether oxygens (including phenoxy) is 1. The quantitative estimate of drug-likeness (QED) is 0.249. The van der Waals surface area contributed by atoms with E-state index in [-0.39, 0.29) is 11.5 Å². The summed E-state index contributed by atoms with van der Waals surface area (Å²) < 4.78 is 4.86. The van der Waals surface area contributed by atoms with Crippen LogP contribution in [0, 0.1) is 0 Å². The van der Waals surface area contributed by atoms with Gasteiger partial charge in [0.2, 0.25) is 5.91 Å². The van der Waals surface area contributed by atoms with Crippen molar-refractivity contribution in [3.8, 4) is 11.3 Å². The summed E-state index contributed by atoms with van der Waals surface area (Å²) in [5.74, 6) is -0.921. The van der Waals surface area contributed by atoms with Gasteiger partial charge >= 0.3 is 12.1 Å². The van der Waals surface area contributed by atoms with Crippen LogP contribution < -0.4 is 10.6 Å². The van der Waals surface area contributed by atoms with Crippen LogP contribution in [0.5, 0.6) is 0 Å². The largest absolute Gasteiger partial charge is 0.419 e. The summed E-state index contributed by atoms with van der Waals surface area (Å²) in [6.07, 6.45) is -0.516. The zero-order chi connectivity index (χ0) is 25.7. The maximum Gasteiger partial charge on any atom is 0.419 e. The minimum Gasteiger partial charge on any atom is -0.372 e. The van der Waals surface area contributed by atoms with Gasteiger partial charge in [-0.2, -0.15) is 0 Å². The highest BCUT2D eigenvalue weighted by atomic mass is 35.5. The number of carbonyl (C=O) groups excluding carboxylic acids is 3. The van der Waals surface area contributed by atoms with E-state index in [2.05, 4.69) is 10.6 Å². The fraction of sp³-hybridized carbons (Fsp3) is 0.115. The van der Waals surface area contributed by atoms with Gasteiger partial charge in [-0.3, -0.25) is 10.1 Å². The molecule has 0 aliphatic heterocycles. The molecule has 0 atom stereocenters. The van der Waals surface area contributed by atoms with Gasteiger partial charge in [0, 0.05) is 31.1 Å². The molecule has 0 saturated heterocycles. The molecule has 2 amide bonds. The molecule has 0 aliphatic rings. The lowest BCUT2D eigenvalue weighted by molar-refractivity contribution is -0.118. The molecule has 4 rings (SSSR count). The van der Waals surface area contributed by atoms with Gasteiger partial charge in [-0.1, -0.05) is 47.5 Å². The van der Waals surface area contributed by atoms with E-state index >= 15 is 0 Å². The van der Waals surface area contributed by atoms with E-state index in [0.717, 1.165) is 5.56 Å². The van der Waals surface area contributed by atoms with Crippen LogP contribution in [0.1, 0.15) is 23.0 Å². The smallest absolute Gasteiger partial charge is 0.372 e. The molecular weight excluding hydrogens is 503 g/mol. The molecule has 0 radical (unpaired) electrons. The number of esters is 1. The van der Waals surface area contributed by atoms with E-state index < -0.39 is 12.1 Å². The number of hydrogen-bond donors (Lipinski definition) is 2. The molecule has 3 aromatic carbocycles. The van der Waals surface area contributed by atoms with Crippen molar-refractivity contribution in [2.75, 3.05) is 11.9 Å². The van der Waals surface area contributed by atoms with Gasteiger partial charge in [0.25, 0.3) is 0 Å². The Morgan fingerprint density at radius 2 is 1.67 bits per heavy atom. The Hall–Kier alpha value is -4.01. The van der Waals surface area contributed by atoms with E-state index in [1.165, 1.54) is 6.92 Å². The molecule has 182 valence electrons. The Labute approximate surface area is 216 Å². The molecule has 0 spiro atoms. The van der Waals surface area contributed by atoms with Crippen LogP contribution in [0.15, 0.2) is 66.7 Å². The molecule has 0 aliphatic carbocycles. The van der Waals surface area contributed by atoms with Crippen molar-refractivity contribution in [3.63, 3.8) is 0 Å². The zero-order valence-corrected chi connectivity index (χ0v) is 20.6. The number of carbonyl (C=O) groups is 3. The monoisotopic (exact) mass is 522 g/mol. The van der Waals surface area contributed by atoms with E-state index in [0.29, 0.717) is 51.1 Å². The molecule has 1 heterocycles. The number of nitrogens with zero attached hydrogens (tertiary/aromatic N) is 2. The first-order valence-corrected chi connectivity index (χ1v) is 11.6. The number of aromatic nitrogens is 2. The van der Waals surface area contributed by atoms with Crippen LogP contribution in [0.2, 0.25) is 10.0 Å². The first kappa shape index (κ1) is 25.1. The highest BCUT2D eigenvalue weighted by Crippen LogP contribution is 2.30. The van der Waals surface area contributed by atoms with Gasteiger partial charge in [0.1, 0.15) is 0 Å². The number of nitrogens with one attached hydrogen (secondary N) is 2. The summed E-state index contributed by atoms with van der Waals surface area (Å²) in [5.41, 5.74) is 3.64. The highest BCUT2D eigenvalue weighted by Gasteiger charge is 2.16. The molecule has 10 heteroatoms. The van der Waals surface area contributed by atoms with Crippen LogP contribution in [0.4, 0.5) is 10.5 Å². The predicted octanol–water partition coefficient (Wildman–Crippen LogP) is 5.67. The average molecular weight is 523 g/mol. The lowest BCUT2D eigenvalue weighted by Gasteiger charge is -2.12. The predicted molar refractivity (Wildman–Crippen MR) is 138 cm³/mol. The summed E-state index contributed by atoms with van der Waals surface area (Å²) in [5, 5.41) is 6.08. The second-order valence-corrected chi connectivity index (χ2v) is 8.57. The minimum absolute atomic E-state index is 0.158. The zero-order valence-electron chi connectivity index (χ0n) is 19.0. The van der Waals surface area contributed by atoms with Crippen molar-refractivity contribution in [3.05, 3.63) is 88.0 Å². The number of hydrogen-bond acceptors (Lipinski definition) is 6. The number of rotatable bonds is 6. The average Bonchev–Trinajstić information content (AvgIpc) is 2.85. The van der Waals surface area contributed by atoms with Crippen molar-refractivity contribution in [2.45, 2.75) is 13.3 Å². The third-order valence-corrected chi connectivity index (χ3v) is 5.85. The number of benzene rings is 3. The highest BCUT2D eigenvalue weighted by molar-refractivity contribution is 6.42. The molecule has 4 aromatic rings. The number of amides is 2. The first-order chi connectivity index (χ1) is 17.3. The summed E-state index contributed by atoms with van der Waals surface area (Å²) in [6.45, 7) is 1.79. The summed E-state index contributed by atoms with van der Waals surface area (Å²) in [7, 11) is 0. The number of anilines is 1. The standard InChI is InChI=1S/C26H20Cl2N4O4/c1-15(33)29-12-11-22-24(17-7-9-19(27)20(28)13-17)32-21-10-8-18(14-23(21)31-22)30-26(35)36-25(34)16-5-3-2-4-6-16/h2-10,13-14H,11-12H2,1H3,(H,29,33)(H,30,35). The summed E-state index contributed by atoms with van der Waals surface area (Å²) in [6, 6.07) is 18.3. The second-order valence-electron chi connectivity index (χ2n) is 7.75. The van der Waals surface area contributed by atoms with Crippen molar-refractivity contribution in [1.29, 1.82) is 0 Å². The molecule has 1 aromatic heterocycles. The third-order valence-electron chi connectivity index (χ3n) is 5.11. The van der Waals surface area contributed by atoms with Crippen LogP contribution in [-0.2, 0) is 16.0 Å². The Bertz CT molecular complexity index is 1460. The minimum atomic E-state index is -0.922. The molecular formula is C26H20Cl2N4O4. The Morgan fingerprint density at radius 3 is 2.39 bits per heavy atom. The lowest BCUT2D eigenvalue weighted by atomic mass is 10.1. The van der Waals surface area contributed by atoms with Gasteiger partial charge in [0.05, 0.1) is 38.0 Å². The van der Waals surface area contributed by atoms with Gasteiger partial charge in [-0.25, -0.2) is 19.6 Å². The first-order valence-electron chi connectivity index (χ1n) is 10.9. The molecule has 0 saturated carbocycles. The summed E-state index contributed by atoms with van der Waals surface area (Å²) in [4.78, 5) is 45.2. The molecule has 2 N–H and O–H groups in total. The maximum atomic E-state index is 12.2. The third kappa shape index (κ3) is 6.16. The van der Waals surface area contributed by atoms with E-state index in [4.69, 9.17) is 37.9 Å². The van der Waals surface area contributed by atoms with E-state index in [9.17, 15) is 14.4 Å². The van der Waals surface area contributed by atoms with Gasteiger partial charge < -0.3 is 10.1 Å². The van der Waals surface area contributed by atoms with Crippen molar-refractivity contribution in [2.24, 2.45) is 0 Å². The van der Waals surface area contributed by atoms with Crippen LogP contribution >= 0.6 is 23.2 Å². The molecule has 0 unspecified atom stereocenters. The van der Waals surface area contributed by atoms with E-state index in [1.54, 1.807) is 66.7 Å². The second kappa shape index (κ2) is 11.2. The maximum absolute atomic E-state index is 12.2. The molecule has 36 heavy (non-hydrogen) atoms. The van der Waals surface area contributed by atoms with Gasteiger partial charge in [-0.05, 0) is 42.5 Å². The number of halogens is 2. The topological polar surface area (TPSA) is 110 Å². The summed E-state index contributed by atoms with van der Waals surface area (Å²) >= 11 is 12.3. The Balaban J connectivity index is 1.61. The Kier molecular flexibility index (Phi) is 7.77.